The highest BCUT2D eigenvalue weighted by atomic mass is 79.9. The SMILES string of the molecule is C=CC[P+](CC[P+](CC=C)(c1ccccc1)c1ccccc1)(c1ccccc1)c1ccccc1.[Br-]. The maximum absolute atomic E-state index is 4.21. The minimum Gasteiger partial charge on any atom is -1.00 e. The van der Waals surface area contributed by atoms with Crippen molar-refractivity contribution in [3.8, 4) is 0 Å². The van der Waals surface area contributed by atoms with Gasteiger partial charge in [-0.05, 0) is 48.5 Å². The first-order valence-corrected chi connectivity index (χ1v) is 16.3. The lowest BCUT2D eigenvalue weighted by Crippen LogP contribution is -3.00. The van der Waals surface area contributed by atoms with Crippen molar-refractivity contribution in [2.24, 2.45) is 0 Å². The molecule has 0 unspecified atom stereocenters. The van der Waals surface area contributed by atoms with Crippen molar-refractivity contribution >= 4 is 35.7 Å². The summed E-state index contributed by atoms with van der Waals surface area (Å²) in [5.41, 5.74) is 0. The number of rotatable bonds is 11. The Kier molecular flexibility index (Phi) is 10.2. The van der Waals surface area contributed by atoms with E-state index in [1.165, 1.54) is 21.2 Å². The molecular weight excluding hydrogens is 526 g/mol. The second kappa shape index (κ2) is 13.1. The Morgan fingerprint density at radius 2 is 0.657 bits per heavy atom. The highest BCUT2D eigenvalue weighted by molar-refractivity contribution is 7.93. The molecule has 0 aliphatic rings. The zero-order valence-corrected chi connectivity index (χ0v) is 23.6. The van der Waals surface area contributed by atoms with Crippen LogP contribution in [0.15, 0.2) is 147 Å². The Bertz CT molecular complexity index is 999. The van der Waals surface area contributed by atoms with Crippen LogP contribution in [0.3, 0.4) is 0 Å². The van der Waals surface area contributed by atoms with Crippen LogP contribution in [0, 0.1) is 0 Å². The highest BCUT2D eigenvalue weighted by Gasteiger charge is 2.49. The first kappa shape index (κ1) is 27.3. The van der Waals surface area contributed by atoms with E-state index in [-0.39, 0.29) is 17.0 Å². The van der Waals surface area contributed by atoms with Gasteiger partial charge in [-0.1, -0.05) is 98.1 Å². The molecule has 0 aliphatic carbocycles. The maximum atomic E-state index is 4.21. The molecule has 178 valence electrons. The second-order valence-electron chi connectivity index (χ2n) is 8.67. The lowest BCUT2D eigenvalue weighted by atomic mass is 10.4. The Morgan fingerprint density at radius 3 is 0.857 bits per heavy atom. The molecule has 0 atom stereocenters. The van der Waals surface area contributed by atoms with Gasteiger partial charge in [0.25, 0.3) is 0 Å². The van der Waals surface area contributed by atoms with Crippen molar-refractivity contribution in [2.75, 3.05) is 24.6 Å². The van der Waals surface area contributed by atoms with Gasteiger partial charge >= 0.3 is 0 Å². The van der Waals surface area contributed by atoms with Gasteiger partial charge in [0.2, 0.25) is 0 Å². The summed E-state index contributed by atoms with van der Waals surface area (Å²) in [5, 5.41) is 5.88. The molecule has 0 amide bonds. The molecule has 0 saturated heterocycles. The first-order valence-electron chi connectivity index (χ1n) is 11.9. The standard InChI is InChI=1S/C32H34P2.BrH/c1-3-25-33(29-17-9-5-10-18-29,30-19-11-6-12-20-30)27-28-34(26-4-2,31-21-13-7-14-22-31)32-23-15-8-16-24-32;/h3-24H,1-2,25-28H2;1H/q+2;/p-1. The topological polar surface area (TPSA) is 0 Å². The van der Waals surface area contributed by atoms with Gasteiger partial charge < -0.3 is 17.0 Å². The average molecular weight is 560 g/mol. The number of halogens is 1. The van der Waals surface area contributed by atoms with E-state index in [4.69, 9.17) is 0 Å². The van der Waals surface area contributed by atoms with Crippen LogP contribution in [-0.2, 0) is 0 Å². The predicted molar refractivity (Wildman–Crippen MR) is 158 cm³/mol. The molecule has 35 heavy (non-hydrogen) atoms. The fourth-order valence-electron chi connectivity index (χ4n) is 5.05. The Balaban J connectivity index is 0.00000342. The zero-order chi connectivity index (χ0) is 23.7. The van der Waals surface area contributed by atoms with E-state index >= 15 is 0 Å². The summed E-state index contributed by atoms with van der Waals surface area (Å²) in [6, 6.07) is 44.7. The van der Waals surface area contributed by atoms with Gasteiger partial charge in [0.05, 0.1) is 48.1 Å². The Morgan fingerprint density at radius 1 is 0.429 bits per heavy atom. The Hall–Kier alpha value is -2.30. The van der Waals surface area contributed by atoms with Crippen molar-refractivity contribution in [1.82, 2.24) is 0 Å². The van der Waals surface area contributed by atoms with Gasteiger partial charge in [-0.25, -0.2) is 0 Å². The van der Waals surface area contributed by atoms with Gasteiger partial charge in [-0.2, -0.15) is 0 Å². The van der Waals surface area contributed by atoms with Crippen LogP contribution in [0.2, 0.25) is 0 Å². The monoisotopic (exact) mass is 559 g/mol. The van der Waals surface area contributed by atoms with E-state index in [1.54, 1.807) is 0 Å². The molecule has 4 aromatic carbocycles. The second-order valence-corrected chi connectivity index (χ2v) is 16.2. The van der Waals surface area contributed by atoms with Crippen LogP contribution < -0.4 is 38.2 Å². The summed E-state index contributed by atoms with van der Waals surface area (Å²) in [4.78, 5) is 0. The van der Waals surface area contributed by atoms with Gasteiger partial charge in [-0.15, -0.1) is 0 Å². The van der Waals surface area contributed by atoms with Gasteiger partial charge in [0.15, 0.2) is 0 Å². The van der Waals surface area contributed by atoms with Crippen molar-refractivity contribution < 1.29 is 17.0 Å². The molecule has 4 aromatic rings. The lowest BCUT2D eigenvalue weighted by molar-refractivity contribution is -0.00000664. The maximum Gasteiger partial charge on any atom is 0.103 e. The zero-order valence-electron chi connectivity index (χ0n) is 20.2. The molecule has 0 aliphatic heterocycles. The van der Waals surface area contributed by atoms with Gasteiger partial charge in [0.1, 0.15) is 12.3 Å². The molecule has 3 heteroatoms. The summed E-state index contributed by atoms with van der Waals surface area (Å²) in [7, 11) is -3.37. The average Bonchev–Trinajstić information content (AvgIpc) is 2.92. The molecule has 0 N–H and O–H groups in total. The predicted octanol–water partition coefficient (Wildman–Crippen LogP) is 3.70. The molecule has 0 saturated carbocycles. The van der Waals surface area contributed by atoms with Crippen molar-refractivity contribution in [2.45, 2.75) is 0 Å². The third kappa shape index (κ3) is 5.92. The molecule has 0 fully saturated rings. The summed E-state index contributed by atoms with van der Waals surface area (Å²) in [6.45, 7) is 8.43. The van der Waals surface area contributed by atoms with Crippen LogP contribution >= 0.6 is 14.5 Å². The summed E-state index contributed by atoms with van der Waals surface area (Å²) in [5.74, 6) is 0. The minimum absolute atomic E-state index is 0. The van der Waals surface area contributed by atoms with Crippen molar-refractivity contribution in [3.05, 3.63) is 147 Å². The van der Waals surface area contributed by atoms with Crippen LogP contribution in [0.1, 0.15) is 0 Å². The normalized spacial score (nSPS) is 11.3. The van der Waals surface area contributed by atoms with Crippen LogP contribution in [0.4, 0.5) is 0 Å². The van der Waals surface area contributed by atoms with E-state index in [2.05, 4.69) is 147 Å². The molecule has 0 radical (unpaired) electrons. The quantitative estimate of drug-likeness (QED) is 0.194. The molecule has 0 spiro atoms. The first-order chi connectivity index (χ1) is 16.7. The van der Waals surface area contributed by atoms with Crippen LogP contribution in [0.25, 0.3) is 0 Å². The third-order valence-corrected chi connectivity index (χ3v) is 16.0. The number of hydrogen-bond donors (Lipinski definition) is 0. The molecule has 4 rings (SSSR count). The van der Waals surface area contributed by atoms with Crippen molar-refractivity contribution in [3.63, 3.8) is 0 Å². The molecular formula is C32H34BrP2+. The number of allylic oxidation sites excluding steroid dienone is 2. The van der Waals surface area contributed by atoms with Crippen molar-refractivity contribution in [1.29, 1.82) is 0 Å². The fraction of sp³-hybridized carbons (Fsp3) is 0.125. The van der Waals surface area contributed by atoms with E-state index in [0.717, 1.165) is 24.6 Å². The third-order valence-electron chi connectivity index (χ3n) is 6.75. The molecule has 0 aromatic heterocycles. The number of benzene rings is 4. The van der Waals surface area contributed by atoms with Gasteiger partial charge in [0, 0.05) is 0 Å². The minimum atomic E-state index is -1.69. The van der Waals surface area contributed by atoms with Gasteiger partial charge in [-0.3, -0.25) is 0 Å². The Labute approximate surface area is 223 Å². The smallest absolute Gasteiger partial charge is 0.103 e. The number of hydrogen-bond acceptors (Lipinski definition) is 0. The highest BCUT2D eigenvalue weighted by Crippen LogP contribution is 2.63. The van der Waals surface area contributed by atoms with E-state index in [0.29, 0.717) is 0 Å². The summed E-state index contributed by atoms with van der Waals surface area (Å²) >= 11 is 0. The van der Waals surface area contributed by atoms with E-state index in [1.807, 2.05) is 0 Å². The molecule has 0 nitrogen and oxygen atoms in total. The van der Waals surface area contributed by atoms with Crippen LogP contribution in [-0.4, -0.2) is 24.6 Å². The molecule has 0 bridgehead atoms. The molecule has 0 heterocycles. The van der Waals surface area contributed by atoms with E-state index in [9.17, 15) is 0 Å². The summed E-state index contributed by atoms with van der Waals surface area (Å²) < 4.78 is 0. The van der Waals surface area contributed by atoms with E-state index < -0.39 is 14.5 Å². The fourth-order valence-corrected chi connectivity index (χ4v) is 14.5. The lowest BCUT2D eigenvalue weighted by Gasteiger charge is -2.31. The van der Waals surface area contributed by atoms with Crippen LogP contribution in [0.5, 0.6) is 0 Å². The summed E-state index contributed by atoms with van der Waals surface area (Å²) in [6.07, 6.45) is 8.62. The largest absolute Gasteiger partial charge is 1.00 e.